The quantitative estimate of drug-likeness (QED) is 0.453. The monoisotopic (exact) mass is 177 g/mol. The maximum Gasteiger partial charge on any atom is 2.00 e. The summed E-state index contributed by atoms with van der Waals surface area (Å²) >= 11 is 0. The van der Waals surface area contributed by atoms with E-state index in [1.54, 1.807) is 13.8 Å². The van der Waals surface area contributed by atoms with Gasteiger partial charge in [-0.15, -0.1) is 0 Å². The molecular formula is C4H10MgO4P+. The minimum atomic E-state index is -3.94. The van der Waals surface area contributed by atoms with Crippen LogP contribution < -0.4 is 4.89 Å². The van der Waals surface area contributed by atoms with Gasteiger partial charge in [-0.3, -0.25) is 4.57 Å². The van der Waals surface area contributed by atoms with E-state index in [2.05, 4.69) is 9.05 Å². The topological polar surface area (TPSA) is 58.6 Å². The van der Waals surface area contributed by atoms with Gasteiger partial charge in [0.15, 0.2) is 0 Å². The fraction of sp³-hybridized carbons (Fsp3) is 1.00. The zero-order chi connectivity index (χ0) is 7.33. The molecule has 56 valence electrons. The van der Waals surface area contributed by atoms with Gasteiger partial charge in [0.25, 0.3) is 7.82 Å². The first-order chi connectivity index (χ1) is 4.12. The fourth-order valence-electron chi connectivity index (χ4n) is 0.353. The second-order valence-electron chi connectivity index (χ2n) is 1.28. The number of hydrogen-bond acceptors (Lipinski definition) is 4. The molecule has 0 rings (SSSR count). The Hall–Kier alpha value is 0.876. The summed E-state index contributed by atoms with van der Waals surface area (Å²) in [5.41, 5.74) is 0. The van der Waals surface area contributed by atoms with E-state index >= 15 is 0 Å². The Kier molecular flexibility index (Phi) is 8.86. The van der Waals surface area contributed by atoms with E-state index in [1.165, 1.54) is 0 Å². The summed E-state index contributed by atoms with van der Waals surface area (Å²) in [6, 6.07) is 0. The average Bonchev–Trinajstić information content (AvgIpc) is 1.64. The standard InChI is InChI=1S/C4H11O4P.Mg/c1-3-7-9(5,6)8-4-2;/h3-4H2,1-2H3,(H,5,6);/q;+2/p-1. The molecule has 0 aromatic rings. The molecule has 4 nitrogen and oxygen atoms in total. The zero-order valence-electron chi connectivity index (χ0n) is 6.20. The number of hydrogen-bond donors (Lipinski definition) is 0. The van der Waals surface area contributed by atoms with E-state index in [4.69, 9.17) is 0 Å². The van der Waals surface area contributed by atoms with E-state index in [-0.39, 0.29) is 36.3 Å². The maximum absolute atomic E-state index is 10.4. The molecule has 0 aliphatic rings. The van der Waals surface area contributed by atoms with Crippen LogP contribution >= 0.6 is 7.82 Å². The molecule has 0 saturated carbocycles. The van der Waals surface area contributed by atoms with Crippen molar-refractivity contribution in [2.24, 2.45) is 0 Å². The van der Waals surface area contributed by atoms with Crippen LogP contribution in [0.5, 0.6) is 0 Å². The molecule has 0 atom stereocenters. The predicted octanol–water partition coefficient (Wildman–Crippen LogP) is 0.147. The number of phosphoric acid groups is 1. The van der Waals surface area contributed by atoms with E-state index in [1.807, 2.05) is 0 Å². The van der Waals surface area contributed by atoms with Crippen molar-refractivity contribution in [1.82, 2.24) is 0 Å². The van der Waals surface area contributed by atoms with Crippen LogP contribution in [0.1, 0.15) is 13.8 Å². The summed E-state index contributed by atoms with van der Waals surface area (Å²) in [6.45, 7) is 3.43. The molecule has 0 aliphatic carbocycles. The molecule has 0 bridgehead atoms. The van der Waals surface area contributed by atoms with Crippen LogP contribution in [0, 0.1) is 0 Å². The van der Waals surface area contributed by atoms with Crippen molar-refractivity contribution in [2.75, 3.05) is 13.2 Å². The zero-order valence-corrected chi connectivity index (χ0v) is 8.51. The molecule has 0 radical (unpaired) electrons. The van der Waals surface area contributed by atoms with Gasteiger partial charge < -0.3 is 13.9 Å². The summed E-state index contributed by atoms with van der Waals surface area (Å²) in [5, 5.41) is 0. The van der Waals surface area contributed by atoms with Crippen molar-refractivity contribution in [2.45, 2.75) is 13.8 Å². The van der Waals surface area contributed by atoms with Gasteiger partial charge in [-0.05, 0) is 13.8 Å². The molecule has 0 N–H and O–H groups in total. The van der Waals surface area contributed by atoms with E-state index in [0.29, 0.717) is 0 Å². The molecule has 6 heteroatoms. The van der Waals surface area contributed by atoms with Crippen LogP contribution in [-0.4, -0.2) is 36.3 Å². The molecule has 0 amide bonds. The van der Waals surface area contributed by atoms with Gasteiger partial charge in [0.05, 0.1) is 13.2 Å². The molecule has 10 heavy (non-hydrogen) atoms. The van der Waals surface area contributed by atoms with Crippen LogP contribution in [0.25, 0.3) is 0 Å². The molecule has 0 aromatic heterocycles. The first-order valence-corrected chi connectivity index (χ1v) is 4.18. The van der Waals surface area contributed by atoms with Crippen LogP contribution in [0.2, 0.25) is 0 Å². The molecule has 0 saturated heterocycles. The SMILES string of the molecule is CCOP(=O)([O-])OCC.[Mg+2]. The van der Waals surface area contributed by atoms with Crippen molar-refractivity contribution >= 4 is 30.9 Å². The first kappa shape index (κ1) is 13.5. The molecule has 0 aromatic carbocycles. The Balaban J connectivity index is 0. The summed E-state index contributed by atoms with van der Waals surface area (Å²) < 4.78 is 18.9. The first-order valence-electron chi connectivity index (χ1n) is 2.72. The Labute approximate surface area is 76.7 Å². The third kappa shape index (κ3) is 6.99. The minimum Gasteiger partial charge on any atom is -0.756 e. The maximum atomic E-state index is 10.4. The molecule has 0 heterocycles. The van der Waals surface area contributed by atoms with Crippen molar-refractivity contribution in [3.05, 3.63) is 0 Å². The normalized spacial score (nSPS) is 10.7. The summed E-state index contributed by atoms with van der Waals surface area (Å²) in [5.74, 6) is 0. The van der Waals surface area contributed by atoms with Gasteiger partial charge in [-0.25, -0.2) is 0 Å². The van der Waals surface area contributed by atoms with Crippen LogP contribution in [-0.2, 0) is 13.6 Å². The smallest absolute Gasteiger partial charge is 0.756 e. The molecule has 0 spiro atoms. The molecule has 0 unspecified atom stereocenters. The Morgan fingerprint density at radius 2 is 1.60 bits per heavy atom. The third-order valence-electron chi connectivity index (χ3n) is 0.574. The second-order valence-corrected chi connectivity index (χ2v) is 2.69. The van der Waals surface area contributed by atoms with Crippen LogP contribution in [0.3, 0.4) is 0 Å². The second kappa shape index (κ2) is 6.58. The summed E-state index contributed by atoms with van der Waals surface area (Å²) in [7, 11) is -3.94. The number of rotatable bonds is 4. The van der Waals surface area contributed by atoms with Crippen molar-refractivity contribution < 1.29 is 18.5 Å². The van der Waals surface area contributed by atoms with E-state index in [9.17, 15) is 9.46 Å². The Morgan fingerprint density at radius 1 is 1.30 bits per heavy atom. The Bertz CT molecular complexity index is 108. The third-order valence-corrected chi connectivity index (χ3v) is 1.72. The average molecular weight is 177 g/mol. The van der Waals surface area contributed by atoms with Crippen LogP contribution in [0.4, 0.5) is 0 Å². The number of phosphoric ester groups is 1. The largest absolute Gasteiger partial charge is 2.00 e. The fourth-order valence-corrected chi connectivity index (χ4v) is 1.06. The Morgan fingerprint density at radius 3 is 1.80 bits per heavy atom. The molecule has 0 aliphatic heterocycles. The van der Waals surface area contributed by atoms with E-state index < -0.39 is 7.82 Å². The van der Waals surface area contributed by atoms with Crippen molar-refractivity contribution in [1.29, 1.82) is 0 Å². The predicted molar refractivity (Wildman–Crippen MR) is 36.6 cm³/mol. The van der Waals surface area contributed by atoms with Crippen LogP contribution in [0.15, 0.2) is 0 Å². The summed E-state index contributed by atoms with van der Waals surface area (Å²) in [4.78, 5) is 10.4. The van der Waals surface area contributed by atoms with Crippen molar-refractivity contribution in [3.8, 4) is 0 Å². The van der Waals surface area contributed by atoms with Gasteiger partial charge in [0.2, 0.25) is 0 Å². The van der Waals surface area contributed by atoms with E-state index in [0.717, 1.165) is 0 Å². The minimum absolute atomic E-state index is 0. The van der Waals surface area contributed by atoms with Gasteiger partial charge in [-0.2, -0.15) is 0 Å². The van der Waals surface area contributed by atoms with Gasteiger partial charge in [0, 0.05) is 0 Å². The molecular weight excluding hydrogens is 167 g/mol. The van der Waals surface area contributed by atoms with Gasteiger partial charge >= 0.3 is 23.1 Å². The molecule has 0 fully saturated rings. The van der Waals surface area contributed by atoms with Gasteiger partial charge in [0.1, 0.15) is 0 Å². The summed E-state index contributed by atoms with van der Waals surface area (Å²) in [6.07, 6.45) is 0. The van der Waals surface area contributed by atoms with Gasteiger partial charge in [-0.1, -0.05) is 0 Å². The van der Waals surface area contributed by atoms with Crippen molar-refractivity contribution in [3.63, 3.8) is 0 Å².